The molecule has 0 atom stereocenters. The highest BCUT2D eigenvalue weighted by Gasteiger charge is 2.23. The van der Waals surface area contributed by atoms with Crippen molar-refractivity contribution in [3.05, 3.63) is 100 Å². The molecule has 0 N–H and O–H groups in total. The van der Waals surface area contributed by atoms with Crippen molar-refractivity contribution in [3.8, 4) is 11.1 Å². The smallest absolute Gasteiger partial charge is 0.167 e. The zero-order chi connectivity index (χ0) is 22.7. The van der Waals surface area contributed by atoms with Gasteiger partial charge in [0.25, 0.3) is 0 Å². The van der Waals surface area contributed by atoms with E-state index in [1.807, 2.05) is 44.2 Å². The Morgan fingerprint density at radius 1 is 0.844 bits per heavy atom. The third kappa shape index (κ3) is 4.82. The van der Waals surface area contributed by atoms with Crippen LogP contribution in [0.5, 0.6) is 0 Å². The highest BCUT2D eigenvalue weighted by atomic mass is 19.2. The average Bonchev–Trinajstić information content (AvgIpc) is 2.81. The van der Waals surface area contributed by atoms with Crippen molar-refractivity contribution >= 4 is 6.08 Å². The van der Waals surface area contributed by atoms with Crippen LogP contribution < -0.4 is 0 Å². The van der Waals surface area contributed by atoms with Crippen LogP contribution in [0.1, 0.15) is 60.8 Å². The van der Waals surface area contributed by atoms with Gasteiger partial charge in [0.05, 0.1) is 0 Å². The summed E-state index contributed by atoms with van der Waals surface area (Å²) in [6.07, 6.45) is 8.15. The van der Waals surface area contributed by atoms with Gasteiger partial charge in [0.15, 0.2) is 11.6 Å². The molecule has 1 fully saturated rings. The van der Waals surface area contributed by atoms with E-state index in [2.05, 4.69) is 0 Å². The number of allylic oxidation sites excluding steroid dienone is 1. The first kappa shape index (κ1) is 22.4. The summed E-state index contributed by atoms with van der Waals surface area (Å²) in [6.45, 7) is 3.98. The van der Waals surface area contributed by atoms with Crippen molar-refractivity contribution in [2.45, 2.75) is 51.9 Å². The van der Waals surface area contributed by atoms with E-state index in [1.165, 1.54) is 0 Å². The molecule has 1 aliphatic carbocycles. The predicted octanol–water partition coefficient (Wildman–Crippen LogP) is 8.63. The van der Waals surface area contributed by atoms with Crippen LogP contribution >= 0.6 is 0 Å². The Bertz CT molecular complexity index is 1100. The second-order valence-corrected chi connectivity index (χ2v) is 8.88. The van der Waals surface area contributed by atoms with E-state index in [9.17, 15) is 13.2 Å². The monoisotopic (exact) mass is 434 g/mol. The van der Waals surface area contributed by atoms with Gasteiger partial charge in [-0.25, -0.2) is 13.2 Å². The Morgan fingerprint density at radius 3 is 2.22 bits per heavy atom. The molecule has 0 bridgehead atoms. The van der Waals surface area contributed by atoms with Crippen LogP contribution in [0.15, 0.2) is 60.7 Å². The zero-order valence-electron chi connectivity index (χ0n) is 18.7. The topological polar surface area (TPSA) is 0 Å². The van der Waals surface area contributed by atoms with Gasteiger partial charge in [-0.2, -0.15) is 0 Å². The fourth-order valence-corrected chi connectivity index (χ4v) is 4.63. The van der Waals surface area contributed by atoms with E-state index in [0.717, 1.165) is 48.8 Å². The highest BCUT2D eigenvalue weighted by Crippen LogP contribution is 2.38. The van der Waals surface area contributed by atoms with E-state index >= 15 is 0 Å². The van der Waals surface area contributed by atoms with Crippen molar-refractivity contribution in [3.63, 3.8) is 0 Å². The summed E-state index contributed by atoms with van der Waals surface area (Å²) < 4.78 is 43.9. The molecule has 0 unspecified atom stereocenters. The number of benzene rings is 3. The molecular formula is C29H29F3. The lowest BCUT2D eigenvalue weighted by Crippen LogP contribution is -2.13. The quantitative estimate of drug-likeness (QED) is 0.377. The van der Waals surface area contributed by atoms with Gasteiger partial charge in [-0.05, 0) is 73.6 Å². The van der Waals surface area contributed by atoms with Crippen LogP contribution in [0, 0.1) is 30.3 Å². The molecule has 0 aliphatic heterocycles. The molecule has 1 aliphatic rings. The van der Waals surface area contributed by atoms with E-state index in [4.69, 9.17) is 0 Å². The van der Waals surface area contributed by atoms with Crippen LogP contribution in [0.25, 0.3) is 17.2 Å². The standard InChI is InChI=1S/C29H29F3/c1-3-20-9-16-25(27(30)18-20)22-12-6-21(7-13-22)8-14-24-15-17-26(29(32)28(24)31)23-10-4-19(2)5-11-23/h4-5,8-11,14-18,21-22H,3,6-7,12-13H2,1-2H3. The summed E-state index contributed by atoms with van der Waals surface area (Å²) in [5.74, 6) is -1.21. The summed E-state index contributed by atoms with van der Waals surface area (Å²) >= 11 is 0. The number of hydrogen-bond acceptors (Lipinski definition) is 0. The second-order valence-electron chi connectivity index (χ2n) is 8.88. The van der Waals surface area contributed by atoms with Gasteiger partial charge in [0.2, 0.25) is 0 Å². The van der Waals surface area contributed by atoms with Crippen LogP contribution in [-0.2, 0) is 6.42 Å². The lowest BCUT2D eigenvalue weighted by Gasteiger charge is -2.27. The fourth-order valence-electron chi connectivity index (χ4n) is 4.63. The number of aryl methyl sites for hydroxylation is 2. The summed E-state index contributed by atoms with van der Waals surface area (Å²) in [5, 5.41) is 0. The van der Waals surface area contributed by atoms with Crippen molar-refractivity contribution in [2.75, 3.05) is 0 Å². The molecule has 32 heavy (non-hydrogen) atoms. The van der Waals surface area contributed by atoms with Crippen molar-refractivity contribution in [1.29, 1.82) is 0 Å². The normalized spacial score (nSPS) is 18.9. The fraction of sp³-hybridized carbons (Fsp3) is 0.310. The number of halogens is 3. The predicted molar refractivity (Wildman–Crippen MR) is 126 cm³/mol. The Morgan fingerprint density at radius 2 is 1.56 bits per heavy atom. The Kier molecular flexibility index (Phi) is 6.83. The van der Waals surface area contributed by atoms with Crippen LogP contribution in [0.4, 0.5) is 13.2 Å². The molecule has 4 rings (SSSR count). The molecule has 1 saturated carbocycles. The summed E-state index contributed by atoms with van der Waals surface area (Å²) in [6, 6.07) is 16.3. The first-order chi connectivity index (χ1) is 15.5. The highest BCUT2D eigenvalue weighted by molar-refractivity contribution is 5.67. The van der Waals surface area contributed by atoms with Gasteiger partial charge in [0, 0.05) is 11.1 Å². The van der Waals surface area contributed by atoms with Crippen molar-refractivity contribution in [2.24, 2.45) is 5.92 Å². The van der Waals surface area contributed by atoms with E-state index in [-0.39, 0.29) is 22.9 Å². The van der Waals surface area contributed by atoms with Crippen LogP contribution in [-0.4, -0.2) is 0 Å². The Balaban J connectivity index is 1.42. The second kappa shape index (κ2) is 9.77. The van der Waals surface area contributed by atoms with Gasteiger partial charge in [-0.1, -0.05) is 73.2 Å². The molecule has 0 saturated heterocycles. The minimum absolute atomic E-state index is 0.102. The van der Waals surface area contributed by atoms with E-state index < -0.39 is 11.6 Å². The SMILES string of the molecule is CCc1ccc(C2CCC(C=Cc3ccc(-c4ccc(C)cc4)c(F)c3F)CC2)c(F)c1. The molecule has 3 aromatic carbocycles. The van der Waals surface area contributed by atoms with E-state index in [1.54, 1.807) is 36.4 Å². The lowest BCUT2D eigenvalue weighted by molar-refractivity contribution is 0.369. The third-order valence-electron chi connectivity index (χ3n) is 6.71. The molecular weight excluding hydrogens is 405 g/mol. The molecule has 0 nitrogen and oxygen atoms in total. The number of hydrogen-bond donors (Lipinski definition) is 0. The first-order valence-electron chi connectivity index (χ1n) is 11.5. The van der Waals surface area contributed by atoms with Crippen molar-refractivity contribution in [1.82, 2.24) is 0 Å². The summed E-state index contributed by atoms with van der Waals surface area (Å²) in [4.78, 5) is 0. The first-order valence-corrected chi connectivity index (χ1v) is 11.5. The van der Waals surface area contributed by atoms with Crippen molar-refractivity contribution < 1.29 is 13.2 Å². The zero-order valence-corrected chi connectivity index (χ0v) is 18.7. The maximum Gasteiger partial charge on any atom is 0.167 e. The summed E-state index contributed by atoms with van der Waals surface area (Å²) in [5.41, 5.74) is 4.11. The third-order valence-corrected chi connectivity index (χ3v) is 6.71. The molecule has 0 aromatic heterocycles. The summed E-state index contributed by atoms with van der Waals surface area (Å²) in [7, 11) is 0. The minimum atomic E-state index is -0.814. The molecule has 166 valence electrons. The maximum atomic E-state index is 14.7. The van der Waals surface area contributed by atoms with Gasteiger partial charge in [-0.15, -0.1) is 0 Å². The van der Waals surface area contributed by atoms with Gasteiger partial charge < -0.3 is 0 Å². The van der Waals surface area contributed by atoms with Gasteiger partial charge in [0.1, 0.15) is 5.82 Å². The number of rotatable bonds is 5. The van der Waals surface area contributed by atoms with Crippen LogP contribution in [0.3, 0.4) is 0 Å². The average molecular weight is 435 g/mol. The molecule has 0 radical (unpaired) electrons. The Labute approximate surface area is 188 Å². The molecule has 0 spiro atoms. The molecule has 3 aromatic rings. The molecule has 0 heterocycles. The minimum Gasteiger partial charge on any atom is -0.207 e. The maximum absolute atomic E-state index is 14.7. The molecule has 0 amide bonds. The van der Waals surface area contributed by atoms with Crippen LogP contribution in [0.2, 0.25) is 0 Å². The van der Waals surface area contributed by atoms with E-state index in [0.29, 0.717) is 11.5 Å². The molecule has 3 heteroatoms. The lowest BCUT2D eigenvalue weighted by atomic mass is 9.78. The largest absolute Gasteiger partial charge is 0.207 e. The van der Waals surface area contributed by atoms with Gasteiger partial charge >= 0.3 is 0 Å². The van der Waals surface area contributed by atoms with Gasteiger partial charge in [-0.3, -0.25) is 0 Å². The Hall–Kier alpha value is -2.81.